The zero-order valence-electron chi connectivity index (χ0n) is 10.4. The third kappa shape index (κ3) is 4.69. The van der Waals surface area contributed by atoms with Gasteiger partial charge in [-0.2, -0.15) is 8.78 Å². The molecule has 0 aliphatic carbocycles. The summed E-state index contributed by atoms with van der Waals surface area (Å²) >= 11 is 15.0. The molecule has 0 fully saturated rings. The number of hydrogen-bond acceptors (Lipinski definition) is 3. The first kappa shape index (κ1) is 16.3. The number of aromatic nitrogens is 1. The Morgan fingerprint density at radius 3 is 2.43 bits per heavy atom. The van der Waals surface area contributed by atoms with E-state index >= 15 is 0 Å². The van der Waals surface area contributed by atoms with Gasteiger partial charge in [0.1, 0.15) is 0 Å². The molecule has 0 amide bonds. The molecule has 2 aromatic rings. The van der Waals surface area contributed by atoms with E-state index < -0.39 is 6.61 Å². The summed E-state index contributed by atoms with van der Waals surface area (Å²) in [4.78, 5) is 4.20. The third-order valence-corrected chi connectivity index (χ3v) is 3.50. The van der Waals surface area contributed by atoms with Crippen molar-refractivity contribution in [2.75, 3.05) is 5.32 Å². The molecule has 0 spiro atoms. The molecule has 0 saturated heterocycles. The second-order valence-corrected chi connectivity index (χ2v) is 5.70. The number of pyridine rings is 1. The van der Waals surface area contributed by atoms with Crippen molar-refractivity contribution in [2.24, 2.45) is 0 Å². The maximum absolute atomic E-state index is 12.2. The van der Waals surface area contributed by atoms with Crippen LogP contribution in [-0.4, -0.2) is 11.6 Å². The van der Waals surface area contributed by atoms with Gasteiger partial charge in [-0.15, -0.1) is 0 Å². The normalized spacial score (nSPS) is 10.8. The summed E-state index contributed by atoms with van der Waals surface area (Å²) in [7, 11) is 0. The lowest BCUT2D eigenvalue weighted by molar-refractivity contribution is -0.0497. The molecule has 0 aliphatic rings. The van der Waals surface area contributed by atoms with Gasteiger partial charge in [0.25, 0.3) is 0 Å². The summed E-state index contributed by atoms with van der Waals surface area (Å²) in [5.41, 5.74) is 1.38. The van der Waals surface area contributed by atoms with Crippen LogP contribution in [0, 0.1) is 0 Å². The van der Waals surface area contributed by atoms with Crippen molar-refractivity contribution in [1.82, 2.24) is 4.98 Å². The Morgan fingerprint density at radius 1 is 1.24 bits per heavy atom. The van der Waals surface area contributed by atoms with Crippen LogP contribution < -0.4 is 10.1 Å². The molecule has 0 unspecified atom stereocenters. The lowest BCUT2D eigenvalue weighted by Crippen LogP contribution is -2.05. The van der Waals surface area contributed by atoms with E-state index in [0.717, 1.165) is 10.2 Å². The number of rotatable bonds is 5. The topological polar surface area (TPSA) is 34.1 Å². The van der Waals surface area contributed by atoms with Crippen molar-refractivity contribution < 1.29 is 13.5 Å². The van der Waals surface area contributed by atoms with Gasteiger partial charge in [0.15, 0.2) is 5.75 Å². The lowest BCUT2D eigenvalue weighted by atomic mass is 10.3. The molecule has 0 atom stereocenters. The first-order chi connectivity index (χ1) is 9.95. The maximum atomic E-state index is 12.2. The van der Waals surface area contributed by atoms with Gasteiger partial charge in [0, 0.05) is 16.4 Å². The number of hydrogen-bond donors (Lipinski definition) is 1. The number of anilines is 1. The second-order valence-electron chi connectivity index (χ2n) is 3.97. The lowest BCUT2D eigenvalue weighted by Gasteiger charge is -2.12. The Hall–Kier alpha value is -1.11. The highest BCUT2D eigenvalue weighted by Crippen LogP contribution is 2.37. The monoisotopic (exact) mass is 396 g/mol. The molecule has 1 N–H and O–H groups in total. The molecular weight excluding hydrogens is 389 g/mol. The number of halogens is 5. The minimum Gasteiger partial charge on any atom is -0.432 e. The summed E-state index contributed by atoms with van der Waals surface area (Å²) in [5, 5.41) is 3.07. The van der Waals surface area contributed by atoms with Crippen molar-refractivity contribution in [2.45, 2.75) is 13.2 Å². The number of alkyl halides is 2. The van der Waals surface area contributed by atoms with E-state index in [-0.39, 0.29) is 15.8 Å². The quantitative estimate of drug-likeness (QED) is 0.736. The van der Waals surface area contributed by atoms with Crippen LogP contribution in [0.3, 0.4) is 0 Å². The molecule has 0 aliphatic heterocycles. The SMILES string of the molecule is FC(F)Oc1c(Cl)cc(NCc2ccc(Br)cn2)cc1Cl. The average molecular weight is 398 g/mol. The molecule has 1 aromatic heterocycles. The predicted molar refractivity (Wildman–Crippen MR) is 82.4 cm³/mol. The molecule has 0 bridgehead atoms. The van der Waals surface area contributed by atoms with Gasteiger partial charge in [-0.3, -0.25) is 4.98 Å². The number of nitrogens with one attached hydrogen (secondary N) is 1. The van der Waals surface area contributed by atoms with E-state index in [1.54, 1.807) is 6.20 Å². The largest absolute Gasteiger partial charge is 0.432 e. The van der Waals surface area contributed by atoms with Gasteiger partial charge in [-0.25, -0.2) is 0 Å². The van der Waals surface area contributed by atoms with E-state index in [9.17, 15) is 8.78 Å². The summed E-state index contributed by atoms with van der Waals surface area (Å²) in [6, 6.07) is 6.63. The fraction of sp³-hybridized carbons (Fsp3) is 0.154. The van der Waals surface area contributed by atoms with Gasteiger partial charge in [0.2, 0.25) is 0 Å². The molecule has 8 heteroatoms. The Morgan fingerprint density at radius 2 is 1.90 bits per heavy atom. The van der Waals surface area contributed by atoms with Crippen molar-refractivity contribution >= 4 is 44.8 Å². The molecule has 3 nitrogen and oxygen atoms in total. The maximum Gasteiger partial charge on any atom is 0.387 e. The molecule has 1 aromatic carbocycles. The van der Waals surface area contributed by atoms with Gasteiger partial charge in [0.05, 0.1) is 22.3 Å². The van der Waals surface area contributed by atoms with Gasteiger partial charge < -0.3 is 10.1 Å². The Bertz CT molecular complexity index is 603. The van der Waals surface area contributed by atoms with E-state index in [4.69, 9.17) is 23.2 Å². The van der Waals surface area contributed by atoms with E-state index in [2.05, 4.69) is 31.0 Å². The van der Waals surface area contributed by atoms with Crippen LogP contribution in [0.15, 0.2) is 34.9 Å². The fourth-order valence-electron chi connectivity index (χ4n) is 1.57. The van der Waals surface area contributed by atoms with Crippen LogP contribution in [0.4, 0.5) is 14.5 Å². The summed E-state index contributed by atoms with van der Waals surface area (Å²) in [6.07, 6.45) is 1.68. The highest BCUT2D eigenvalue weighted by Gasteiger charge is 2.14. The predicted octanol–water partition coefficient (Wildman–Crippen LogP) is 5.36. The Kier molecular flexibility index (Phi) is 5.61. The zero-order valence-corrected chi connectivity index (χ0v) is 13.5. The van der Waals surface area contributed by atoms with Crippen LogP contribution in [-0.2, 0) is 6.54 Å². The minimum absolute atomic E-state index is 0.00839. The molecule has 1 heterocycles. The van der Waals surface area contributed by atoms with Gasteiger partial charge >= 0.3 is 6.61 Å². The standard InChI is InChI=1S/C13H9BrCl2F2N2O/c14-7-1-2-8(19-5-7)6-20-9-3-10(15)12(11(16)4-9)21-13(17)18/h1-5,13,20H,6H2. The van der Waals surface area contributed by atoms with Gasteiger partial charge in [-0.1, -0.05) is 23.2 Å². The second kappa shape index (κ2) is 7.24. The van der Waals surface area contributed by atoms with Crippen molar-refractivity contribution in [3.05, 3.63) is 50.7 Å². The van der Waals surface area contributed by atoms with Crippen LogP contribution >= 0.6 is 39.1 Å². The number of benzene rings is 1. The van der Waals surface area contributed by atoms with Crippen LogP contribution in [0.25, 0.3) is 0 Å². The van der Waals surface area contributed by atoms with Gasteiger partial charge in [-0.05, 0) is 40.2 Å². The number of nitrogens with zero attached hydrogens (tertiary/aromatic N) is 1. The molecular formula is C13H9BrCl2F2N2O. The highest BCUT2D eigenvalue weighted by molar-refractivity contribution is 9.10. The van der Waals surface area contributed by atoms with E-state index in [1.165, 1.54) is 12.1 Å². The highest BCUT2D eigenvalue weighted by atomic mass is 79.9. The Labute approximate surface area is 138 Å². The molecule has 0 saturated carbocycles. The summed E-state index contributed by atoms with van der Waals surface area (Å²) < 4.78 is 29.6. The Balaban J connectivity index is 2.09. The van der Waals surface area contributed by atoms with Crippen LogP contribution in [0.5, 0.6) is 5.75 Å². The van der Waals surface area contributed by atoms with Crippen molar-refractivity contribution in [1.29, 1.82) is 0 Å². The molecule has 21 heavy (non-hydrogen) atoms. The smallest absolute Gasteiger partial charge is 0.387 e. The first-order valence-corrected chi connectivity index (χ1v) is 7.29. The van der Waals surface area contributed by atoms with E-state index in [1.807, 2.05) is 12.1 Å². The minimum atomic E-state index is -2.98. The summed E-state index contributed by atoms with van der Waals surface area (Å²) in [5.74, 6) is -0.236. The van der Waals surface area contributed by atoms with Crippen molar-refractivity contribution in [3.63, 3.8) is 0 Å². The first-order valence-electron chi connectivity index (χ1n) is 5.74. The molecule has 112 valence electrons. The fourth-order valence-corrected chi connectivity index (χ4v) is 2.38. The number of ether oxygens (including phenoxy) is 1. The average Bonchev–Trinajstić information content (AvgIpc) is 2.42. The van der Waals surface area contributed by atoms with E-state index in [0.29, 0.717) is 12.2 Å². The third-order valence-electron chi connectivity index (χ3n) is 2.47. The van der Waals surface area contributed by atoms with Crippen LogP contribution in [0.2, 0.25) is 10.0 Å². The van der Waals surface area contributed by atoms with Crippen molar-refractivity contribution in [3.8, 4) is 5.75 Å². The summed E-state index contributed by atoms with van der Waals surface area (Å²) in [6.45, 7) is -2.54. The van der Waals surface area contributed by atoms with Crippen LogP contribution in [0.1, 0.15) is 5.69 Å². The zero-order chi connectivity index (χ0) is 15.4. The molecule has 0 radical (unpaired) electrons. The molecule has 2 rings (SSSR count).